The Bertz CT molecular complexity index is 492. The number of halogens is 4. The maximum absolute atomic E-state index is 13.0. The largest absolute Gasteiger partial charge is 0.416 e. The third kappa shape index (κ3) is 4.04. The molecule has 110 valence electrons. The van der Waals surface area contributed by atoms with Gasteiger partial charge in [0, 0.05) is 24.2 Å². The molecule has 0 aliphatic rings. The molecule has 0 unspecified atom stereocenters. The molecule has 20 heavy (non-hydrogen) atoms. The highest BCUT2D eigenvalue weighted by molar-refractivity contribution is 6.17. The van der Waals surface area contributed by atoms with E-state index >= 15 is 0 Å². The normalized spacial score (nSPS) is 11.5. The second-order valence-corrected chi connectivity index (χ2v) is 4.94. The summed E-state index contributed by atoms with van der Waals surface area (Å²) in [7, 11) is 0. The van der Waals surface area contributed by atoms with Crippen molar-refractivity contribution >= 4 is 17.3 Å². The van der Waals surface area contributed by atoms with E-state index in [9.17, 15) is 13.2 Å². The van der Waals surface area contributed by atoms with Gasteiger partial charge in [-0.05, 0) is 31.5 Å². The minimum atomic E-state index is -4.43. The molecule has 1 aromatic carbocycles. The van der Waals surface area contributed by atoms with E-state index in [1.54, 1.807) is 11.0 Å². The van der Waals surface area contributed by atoms with Crippen molar-refractivity contribution in [3.8, 4) is 6.07 Å². The maximum atomic E-state index is 13.0. The molecule has 0 N–H and O–H groups in total. The van der Waals surface area contributed by atoms with E-state index in [2.05, 4.69) is 0 Å². The summed E-state index contributed by atoms with van der Waals surface area (Å²) in [6.07, 6.45) is -4.17. The molecule has 0 atom stereocenters. The Kier molecular flexibility index (Phi) is 5.70. The quantitative estimate of drug-likeness (QED) is 0.745. The number of rotatable bonds is 5. The molecular weight excluding hydrogens is 289 g/mol. The third-order valence-corrected chi connectivity index (χ3v) is 3.25. The summed E-state index contributed by atoms with van der Waals surface area (Å²) in [6.45, 7) is 4.14. The second-order valence-electron chi connectivity index (χ2n) is 4.67. The predicted octanol–water partition coefficient (Wildman–Crippen LogP) is 4.57. The van der Waals surface area contributed by atoms with Crippen molar-refractivity contribution in [2.45, 2.75) is 38.4 Å². The SMILES string of the molecule is CC(C)N(CCC#N)c1ccc(CCl)c(C(F)(F)F)c1. The van der Waals surface area contributed by atoms with Crippen LogP contribution < -0.4 is 4.90 Å². The number of nitrogens with zero attached hydrogens (tertiary/aromatic N) is 2. The molecular formula is C14H16ClF3N2. The molecule has 0 saturated carbocycles. The summed E-state index contributed by atoms with van der Waals surface area (Å²) < 4.78 is 39.0. The first-order valence-electron chi connectivity index (χ1n) is 6.21. The molecule has 0 radical (unpaired) electrons. The van der Waals surface area contributed by atoms with Gasteiger partial charge < -0.3 is 4.90 Å². The van der Waals surface area contributed by atoms with Crippen molar-refractivity contribution < 1.29 is 13.2 Å². The molecule has 1 aromatic rings. The fourth-order valence-corrected chi connectivity index (χ4v) is 2.21. The summed E-state index contributed by atoms with van der Waals surface area (Å²) in [5.41, 5.74) is -0.198. The van der Waals surface area contributed by atoms with Crippen LogP contribution >= 0.6 is 11.6 Å². The first kappa shape index (κ1) is 16.6. The van der Waals surface area contributed by atoms with Gasteiger partial charge in [0.15, 0.2) is 0 Å². The van der Waals surface area contributed by atoms with Crippen molar-refractivity contribution in [2.75, 3.05) is 11.4 Å². The zero-order valence-corrected chi connectivity index (χ0v) is 12.1. The lowest BCUT2D eigenvalue weighted by Crippen LogP contribution is -2.31. The second kappa shape index (κ2) is 6.85. The molecule has 1 rings (SSSR count). The summed E-state index contributed by atoms with van der Waals surface area (Å²) in [5, 5.41) is 8.64. The summed E-state index contributed by atoms with van der Waals surface area (Å²) >= 11 is 5.56. The van der Waals surface area contributed by atoms with Crippen LogP contribution in [0.5, 0.6) is 0 Å². The van der Waals surface area contributed by atoms with Crippen LogP contribution in [0.1, 0.15) is 31.4 Å². The highest BCUT2D eigenvalue weighted by atomic mass is 35.5. The first-order chi connectivity index (χ1) is 9.31. The minimum absolute atomic E-state index is 0.00582. The van der Waals surface area contributed by atoms with Crippen molar-refractivity contribution in [1.29, 1.82) is 5.26 Å². The maximum Gasteiger partial charge on any atom is 0.416 e. The highest BCUT2D eigenvalue weighted by Gasteiger charge is 2.33. The van der Waals surface area contributed by atoms with Gasteiger partial charge in [0.25, 0.3) is 0 Å². The molecule has 0 aromatic heterocycles. The van der Waals surface area contributed by atoms with E-state index < -0.39 is 11.7 Å². The number of alkyl halides is 4. The summed E-state index contributed by atoms with van der Waals surface area (Å²) in [5.74, 6) is -0.186. The van der Waals surface area contributed by atoms with Crippen LogP contribution in [-0.4, -0.2) is 12.6 Å². The van der Waals surface area contributed by atoms with Gasteiger partial charge in [-0.3, -0.25) is 0 Å². The summed E-state index contributed by atoms with van der Waals surface area (Å²) in [6, 6.07) is 6.13. The topological polar surface area (TPSA) is 27.0 Å². The number of hydrogen-bond donors (Lipinski definition) is 0. The van der Waals surface area contributed by atoms with Crippen molar-refractivity contribution in [2.24, 2.45) is 0 Å². The van der Waals surface area contributed by atoms with E-state index in [4.69, 9.17) is 16.9 Å². The Morgan fingerprint density at radius 2 is 2.00 bits per heavy atom. The van der Waals surface area contributed by atoms with Crippen LogP contribution in [0.2, 0.25) is 0 Å². The Morgan fingerprint density at radius 3 is 2.45 bits per heavy atom. The molecule has 0 saturated heterocycles. The van der Waals surface area contributed by atoms with E-state index in [0.717, 1.165) is 6.07 Å². The monoisotopic (exact) mass is 304 g/mol. The number of anilines is 1. The molecule has 0 aliphatic carbocycles. The zero-order chi connectivity index (χ0) is 15.3. The zero-order valence-electron chi connectivity index (χ0n) is 11.3. The van der Waals surface area contributed by atoms with Gasteiger partial charge >= 0.3 is 6.18 Å². The predicted molar refractivity (Wildman–Crippen MR) is 73.7 cm³/mol. The van der Waals surface area contributed by atoms with Gasteiger partial charge in [0.05, 0.1) is 18.1 Å². The molecule has 6 heteroatoms. The van der Waals surface area contributed by atoms with Gasteiger partial charge in [0.1, 0.15) is 0 Å². The molecule has 0 bridgehead atoms. The molecule has 0 heterocycles. The lowest BCUT2D eigenvalue weighted by Gasteiger charge is -2.29. The third-order valence-electron chi connectivity index (χ3n) is 2.96. The fraction of sp³-hybridized carbons (Fsp3) is 0.500. The smallest absolute Gasteiger partial charge is 0.368 e. The van der Waals surface area contributed by atoms with E-state index in [-0.39, 0.29) is 23.9 Å². The van der Waals surface area contributed by atoms with Gasteiger partial charge in [-0.15, -0.1) is 11.6 Å². The van der Waals surface area contributed by atoms with E-state index in [0.29, 0.717) is 12.2 Å². The van der Waals surface area contributed by atoms with Crippen LogP contribution in [-0.2, 0) is 12.1 Å². The standard InChI is InChI=1S/C14H16ClF3N2/c1-10(2)20(7-3-6-19)12-5-4-11(9-15)13(8-12)14(16,17)18/h4-5,8,10H,3,7,9H2,1-2H3. The van der Waals surface area contributed by atoms with Gasteiger partial charge in [-0.2, -0.15) is 18.4 Å². The van der Waals surface area contributed by atoms with Gasteiger partial charge in [-0.25, -0.2) is 0 Å². The lowest BCUT2D eigenvalue weighted by atomic mass is 10.1. The molecule has 2 nitrogen and oxygen atoms in total. The van der Waals surface area contributed by atoms with Crippen molar-refractivity contribution in [3.05, 3.63) is 29.3 Å². The number of nitriles is 1. The average Bonchev–Trinajstić information content (AvgIpc) is 2.37. The average molecular weight is 305 g/mol. The Morgan fingerprint density at radius 1 is 1.35 bits per heavy atom. The molecule has 0 spiro atoms. The first-order valence-corrected chi connectivity index (χ1v) is 6.74. The Balaban J connectivity index is 3.21. The Labute approximate surface area is 121 Å². The number of benzene rings is 1. The van der Waals surface area contributed by atoms with E-state index in [1.165, 1.54) is 6.07 Å². The van der Waals surface area contributed by atoms with Gasteiger partial charge in [0.2, 0.25) is 0 Å². The van der Waals surface area contributed by atoms with Crippen molar-refractivity contribution in [3.63, 3.8) is 0 Å². The summed E-state index contributed by atoms with van der Waals surface area (Å²) in [4.78, 5) is 1.77. The molecule has 0 aliphatic heterocycles. The fourth-order valence-electron chi connectivity index (χ4n) is 1.98. The molecule has 0 amide bonds. The molecule has 0 fully saturated rings. The van der Waals surface area contributed by atoms with E-state index in [1.807, 2.05) is 19.9 Å². The van der Waals surface area contributed by atoms with Crippen molar-refractivity contribution in [1.82, 2.24) is 0 Å². The van der Waals surface area contributed by atoms with Crippen LogP contribution in [0.4, 0.5) is 18.9 Å². The van der Waals surface area contributed by atoms with Crippen LogP contribution in [0.15, 0.2) is 18.2 Å². The van der Waals surface area contributed by atoms with Crippen LogP contribution in [0.3, 0.4) is 0 Å². The lowest BCUT2D eigenvalue weighted by molar-refractivity contribution is -0.138. The van der Waals surface area contributed by atoms with Crippen LogP contribution in [0.25, 0.3) is 0 Å². The highest BCUT2D eigenvalue weighted by Crippen LogP contribution is 2.35. The van der Waals surface area contributed by atoms with Crippen LogP contribution in [0, 0.1) is 11.3 Å². The minimum Gasteiger partial charge on any atom is -0.368 e. The van der Waals surface area contributed by atoms with Gasteiger partial charge in [-0.1, -0.05) is 6.07 Å². The Hall–Kier alpha value is -1.41. The number of hydrogen-bond acceptors (Lipinski definition) is 2.